The lowest BCUT2D eigenvalue weighted by atomic mass is 10.2. The fourth-order valence-corrected chi connectivity index (χ4v) is 2.58. The first-order valence-electron chi connectivity index (χ1n) is 6.71. The van der Waals surface area contributed by atoms with Crippen molar-refractivity contribution < 1.29 is 4.79 Å². The molecule has 21 heavy (non-hydrogen) atoms. The molecule has 1 amide bonds. The quantitative estimate of drug-likeness (QED) is 0.853. The van der Waals surface area contributed by atoms with Crippen molar-refractivity contribution in [3.8, 4) is 0 Å². The fourth-order valence-electron chi connectivity index (χ4n) is 1.75. The maximum absolute atomic E-state index is 12.3. The molecule has 112 valence electrons. The predicted octanol–water partition coefficient (Wildman–Crippen LogP) is 3.50. The lowest BCUT2D eigenvalue weighted by Crippen LogP contribution is -2.27. The number of rotatable bonds is 6. The van der Waals surface area contributed by atoms with Gasteiger partial charge in [-0.3, -0.25) is 4.79 Å². The van der Waals surface area contributed by atoms with Crippen LogP contribution in [0.25, 0.3) is 0 Å². The minimum atomic E-state index is -0.232. The van der Waals surface area contributed by atoms with E-state index >= 15 is 0 Å². The summed E-state index contributed by atoms with van der Waals surface area (Å²) in [7, 11) is 0. The zero-order chi connectivity index (χ0) is 15.2. The van der Waals surface area contributed by atoms with Crippen molar-refractivity contribution >= 4 is 34.7 Å². The van der Waals surface area contributed by atoms with Gasteiger partial charge in [0.25, 0.3) is 5.91 Å². The number of hydrogen-bond acceptors (Lipinski definition) is 5. The minimum Gasteiger partial charge on any atom is -0.370 e. The van der Waals surface area contributed by atoms with Gasteiger partial charge in [0.15, 0.2) is 0 Å². The number of pyridine rings is 1. The van der Waals surface area contributed by atoms with E-state index in [9.17, 15) is 4.79 Å². The summed E-state index contributed by atoms with van der Waals surface area (Å²) in [5.41, 5.74) is 0.411. The molecule has 1 unspecified atom stereocenters. The van der Waals surface area contributed by atoms with Gasteiger partial charge in [0, 0.05) is 24.3 Å². The van der Waals surface area contributed by atoms with Gasteiger partial charge in [-0.15, -0.1) is 11.3 Å². The zero-order valence-corrected chi connectivity index (χ0v) is 13.5. The largest absolute Gasteiger partial charge is 0.370 e. The first kappa shape index (κ1) is 15.7. The summed E-state index contributed by atoms with van der Waals surface area (Å²) >= 11 is 7.57. The molecule has 0 aliphatic carbocycles. The molecule has 0 aliphatic rings. The van der Waals surface area contributed by atoms with E-state index in [0.29, 0.717) is 16.4 Å². The maximum Gasteiger partial charge on any atom is 0.253 e. The van der Waals surface area contributed by atoms with Gasteiger partial charge in [0.05, 0.1) is 16.6 Å². The average Bonchev–Trinajstić information content (AvgIpc) is 3.00. The summed E-state index contributed by atoms with van der Waals surface area (Å²) in [6.45, 7) is 4.75. The molecule has 2 N–H and O–H groups in total. The molecule has 0 fully saturated rings. The Morgan fingerprint density at radius 1 is 1.48 bits per heavy atom. The number of hydrogen-bond donors (Lipinski definition) is 2. The number of thiazole rings is 1. The number of carbonyl (C=O) groups excluding carboxylic acids is 1. The Hall–Kier alpha value is -1.66. The Labute approximate surface area is 132 Å². The first-order valence-corrected chi connectivity index (χ1v) is 7.97. The summed E-state index contributed by atoms with van der Waals surface area (Å²) in [6.07, 6.45) is 4.18. The third-order valence-electron chi connectivity index (χ3n) is 2.83. The highest BCUT2D eigenvalue weighted by atomic mass is 35.5. The molecule has 0 aliphatic heterocycles. The third kappa shape index (κ3) is 4.15. The van der Waals surface area contributed by atoms with Gasteiger partial charge in [0.1, 0.15) is 10.8 Å². The van der Waals surface area contributed by atoms with Gasteiger partial charge in [-0.25, -0.2) is 9.97 Å². The van der Waals surface area contributed by atoms with Crippen molar-refractivity contribution in [1.82, 2.24) is 15.3 Å². The summed E-state index contributed by atoms with van der Waals surface area (Å²) in [4.78, 5) is 20.7. The van der Waals surface area contributed by atoms with E-state index in [1.165, 1.54) is 17.5 Å². The second-order valence-electron chi connectivity index (χ2n) is 4.54. The van der Waals surface area contributed by atoms with Gasteiger partial charge in [-0.1, -0.05) is 18.5 Å². The molecule has 0 radical (unpaired) electrons. The van der Waals surface area contributed by atoms with Crippen LogP contribution >= 0.6 is 22.9 Å². The van der Waals surface area contributed by atoms with Crippen LogP contribution in [0.5, 0.6) is 0 Å². The number of halogens is 1. The van der Waals surface area contributed by atoms with Gasteiger partial charge < -0.3 is 10.6 Å². The van der Waals surface area contributed by atoms with Gasteiger partial charge in [0.2, 0.25) is 0 Å². The number of amides is 1. The standard InChI is InChI=1S/C14H17ClN4OS/c1-3-4-16-12-7-10(11(15)8-18-12)13(20)19-9(2)14-17-5-6-21-14/h5-9H,3-4H2,1-2H3,(H,16,18)(H,19,20). The molecule has 7 heteroatoms. The van der Waals surface area contributed by atoms with Crippen LogP contribution in [0.2, 0.25) is 5.02 Å². The summed E-state index contributed by atoms with van der Waals surface area (Å²) in [6, 6.07) is 1.51. The summed E-state index contributed by atoms with van der Waals surface area (Å²) in [5.74, 6) is 0.415. The number of nitrogens with zero attached hydrogens (tertiary/aromatic N) is 2. The molecule has 0 saturated heterocycles. The van der Waals surface area contributed by atoms with Gasteiger partial charge >= 0.3 is 0 Å². The first-order chi connectivity index (χ1) is 10.1. The second kappa shape index (κ2) is 7.38. The highest BCUT2D eigenvalue weighted by molar-refractivity contribution is 7.09. The van der Waals surface area contributed by atoms with E-state index in [-0.39, 0.29) is 11.9 Å². The van der Waals surface area contributed by atoms with Crippen LogP contribution in [-0.4, -0.2) is 22.4 Å². The molecule has 5 nitrogen and oxygen atoms in total. The number of anilines is 1. The van der Waals surface area contributed by atoms with E-state index < -0.39 is 0 Å². The highest BCUT2D eigenvalue weighted by Gasteiger charge is 2.16. The Bertz CT molecular complexity index is 603. The molecular formula is C14H17ClN4OS. The molecule has 0 spiro atoms. The minimum absolute atomic E-state index is 0.159. The predicted molar refractivity (Wildman–Crippen MR) is 86.0 cm³/mol. The van der Waals surface area contributed by atoms with Crippen molar-refractivity contribution in [3.63, 3.8) is 0 Å². The van der Waals surface area contributed by atoms with Crippen LogP contribution in [0.1, 0.15) is 41.7 Å². The highest BCUT2D eigenvalue weighted by Crippen LogP contribution is 2.20. The fraction of sp³-hybridized carbons (Fsp3) is 0.357. The Balaban J connectivity index is 2.10. The maximum atomic E-state index is 12.3. The van der Waals surface area contributed by atoms with E-state index in [1.807, 2.05) is 12.3 Å². The van der Waals surface area contributed by atoms with Crippen LogP contribution in [0, 0.1) is 0 Å². The van der Waals surface area contributed by atoms with Crippen molar-refractivity contribution in [3.05, 3.63) is 39.4 Å². The normalized spacial score (nSPS) is 12.0. The SMILES string of the molecule is CCCNc1cc(C(=O)NC(C)c2nccs2)c(Cl)cn1. The molecule has 2 rings (SSSR count). The van der Waals surface area contributed by atoms with Crippen LogP contribution in [0.15, 0.2) is 23.8 Å². The van der Waals surface area contributed by atoms with Gasteiger partial charge in [-0.05, 0) is 19.4 Å². The van der Waals surface area contributed by atoms with E-state index in [2.05, 4.69) is 27.5 Å². The van der Waals surface area contributed by atoms with Crippen LogP contribution < -0.4 is 10.6 Å². The monoisotopic (exact) mass is 324 g/mol. The number of nitrogens with one attached hydrogen (secondary N) is 2. The van der Waals surface area contributed by atoms with Crippen LogP contribution in [0.4, 0.5) is 5.82 Å². The lowest BCUT2D eigenvalue weighted by molar-refractivity contribution is 0.0940. The van der Waals surface area contributed by atoms with Crippen molar-refractivity contribution in [2.24, 2.45) is 0 Å². The third-order valence-corrected chi connectivity index (χ3v) is 4.08. The second-order valence-corrected chi connectivity index (χ2v) is 5.88. The van der Waals surface area contributed by atoms with Crippen molar-refractivity contribution in [2.75, 3.05) is 11.9 Å². The Morgan fingerprint density at radius 3 is 2.95 bits per heavy atom. The summed E-state index contributed by atoms with van der Waals surface area (Å²) in [5, 5.41) is 9.10. The molecule has 0 aromatic carbocycles. The van der Waals surface area contributed by atoms with Crippen LogP contribution in [0.3, 0.4) is 0 Å². The summed E-state index contributed by atoms with van der Waals surface area (Å²) < 4.78 is 0. The molecule has 2 aromatic rings. The molecule has 0 saturated carbocycles. The number of aromatic nitrogens is 2. The molecule has 2 heterocycles. The zero-order valence-electron chi connectivity index (χ0n) is 11.9. The topological polar surface area (TPSA) is 66.9 Å². The van der Waals surface area contributed by atoms with E-state index in [0.717, 1.165) is 18.0 Å². The lowest BCUT2D eigenvalue weighted by Gasteiger charge is -2.13. The molecule has 2 aromatic heterocycles. The van der Waals surface area contributed by atoms with Crippen LogP contribution in [-0.2, 0) is 0 Å². The Kier molecular flexibility index (Phi) is 5.52. The average molecular weight is 325 g/mol. The molecule has 0 bridgehead atoms. The van der Waals surface area contributed by atoms with E-state index in [1.54, 1.807) is 12.3 Å². The number of carbonyl (C=O) groups is 1. The van der Waals surface area contributed by atoms with E-state index in [4.69, 9.17) is 11.6 Å². The molecule has 1 atom stereocenters. The smallest absolute Gasteiger partial charge is 0.253 e. The van der Waals surface area contributed by atoms with Crippen molar-refractivity contribution in [2.45, 2.75) is 26.3 Å². The van der Waals surface area contributed by atoms with Gasteiger partial charge in [-0.2, -0.15) is 0 Å². The Morgan fingerprint density at radius 2 is 2.29 bits per heavy atom. The van der Waals surface area contributed by atoms with Crippen molar-refractivity contribution in [1.29, 1.82) is 0 Å². The molecular weight excluding hydrogens is 308 g/mol.